The van der Waals surface area contributed by atoms with Crippen LogP contribution in [0.2, 0.25) is 0 Å². The molecule has 1 aromatic carbocycles. The van der Waals surface area contributed by atoms with Crippen molar-refractivity contribution in [2.75, 3.05) is 0 Å². The number of pyridine rings is 1. The van der Waals surface area contributed by atoms with Gasteiger partial charge in [0.25, 0.3) is 5.89 Å². The number of nitrogens with zero attached hydrogens (tertiary/aromatic N) is 3. The minimum absolute atomic E-state index is 0.290. The zero-order chi connectivity index (χ0) is 14.7. The van der Waals surface area contributed by atoms with E-state index < -0.39 is 5.97 Å². The van der Waals surface area contributed by atoms with E-state index in [2.05, 4.69) is 15.2 Å². The number of aromatic nitrogens is 3. The van der Waals surface area contributed by atoms with Crippen molar-refractivity contribution < 1.29 is 13.9 Å². The molecule has 0 unspecified atom stereocenters. The van der Waals surface area contributed by atoms with Crippen molar-refractivity contribution in [3.63, 3.8) is 0 Å². The van der Waals surface area contributed by atoms with Gasteiger partial charge in [0.05, 0.1) is 5.56 Å². The van der Waals surface area contributed by atoms with Crippen LogP contribution >= 0.6 is 0 Å². The van der Waals surface area contributed by atoms with Gasteiger partial charge in [-0.05, 0) is 24.3 Å². The fraction of sp³-hybridized carbons (Fsp3) is 0.0667. The lowest BCUT2D eigenvalue weighted by atomic mass is 10.2. The number of benzene rings is 1. The maximum absolute atomic E-state index is 11.1. The van der Waals surface area contributed by atoms with E-state index in [-0.39, 0.29) is 0 Å². The van der Waals surface area contributed by atoms with Gasteiger partial charge in [0, 0.05) is 24.9 Å². The van der Waals surface area contributed by atoms with Gasteiger partial charge in [-0.3, -0.25) is 9.78 Å². The zero-order valence-corrected chi connectivity index (χ0v) is 11.2. The van der Waals surface area contributed by atoms with Crippen LogP contribution in [-0.2, 0) is 4.79 Å². The summed E-state index contributed by atoms with van der Waals surface area (Å²) in [5.41, 5.74) is 1.34. The van der Waals surface area contributed by atoms with E-state index in [0.717, 1.165) is 5.56 Å². The standard InChI is InChI=1S/C15H11N3O3/c1-10(19)20-13-5-3-2-4-12(13)15-18-17-14(21-15)11-6-8-16-9-7-11/h2-9H,1H3. The number of carbonyl (C=O) groups is 1. The molecule has 0 N–H and O–H groups in total. The molecule has 6 heteroatoms. The minimum Gasteiger partial charge on any atom is -0.426 e. The third kappa shape index (κ3) is 2.79. The van der Waals surface area contributed by atoms with Gasteiger partial charge >= 0.3 is 5.97 Å². The van der Waals surface area contributed by atoms with E-state index in [9.17, 15) is 4.79 Å². The van der Waals surface area contributed by atoms with Gasteiger partial charge in [0.2, 0.25) is 5.89 Å². The van der Waals surface area contributed by atoms with E-state index in [1.165, 1.54) is 6.92 Å². The lowest BCUT2D eigenvalue weighted by molar-refractivity contribution is -0.131. The normalized spacial score (nSPS) is 10.3. The highest BCUT2D eigenvalue weighted by molar-refractivity contribution is 5.74. The number of rotatable bonds is 3. The highest BCUT2D eigenvalue weighted by Crippen LogP contribution is 2.30. The van der Waals surface area contributed by atoms with Gasteiger partial charge in [0.1, 0.15) is 5.75 Å². The average molecular weight is 281 g/mol. The van der Waals surface area contributed by atoms with E-state index in [0.29, 0.717) is 23.1 Å². The molecule has 0 radical (unpaired) electrons. The van der Waals surface area contributed by atoms with E-state index >= 15 is 0 Å². The van der Waals surface area contributed by atoms with Crippen LogP contribution in [0.5, 0.6) is 5.75 Å². The fourth-order valence-corrected chi connectivity index (χ4v) is 1.83. The average Bonchev–Trinajstić information content (AvgIpc) is 2.98. The molecule has 104 valence electrons. The number of para-hydroxylation sites is 1. The fourth-order valence-electron chi connectivity index (χ4n) is 1.83. The molecular weight excluding hydrogens is 270 g/mol. The Balaban J connectivity index is 1.99. The summed E-state index contributed by atoms with van der Waals surface area (Å²) in [6, 6.07) is 10.5. The zero-order valence-electron chi connectivity index (χ0n) is 11.2. The number of ether oxygens (including phenoxy) is 1. The second kappa shape index (κ2) is 5.54. The molecule has 0 saturated heterocycles. The Bertz CT molecular complexity index is 769. The summed E-state index contributed by atoms with van der Waals surface area (Å²) in [4.78, 5) is 15.1. The Morgan fingerprint density at radius 3 is 2.52 bits per heavy atom. The molecule has 0 saturated carbocycles. The van der Waals surface area contributed by atoms with Crippen LogP contribution in [0.25, 0.3) is 22.9 Å². The third-order valence-electron chi connectivity index (χ3n) is 2.72. The lowest BCUT2D eigenvalue weighted by Gasteiger charge is -2.04. The Morgan fingerprint density at radius 2 is 1.76 bits per heavy atom. The Hall–Kier alpha value is -3.02. The molecule has 21 heavy (non-hydrogen) atoms. The van der Waals surface area contributed by atoms with Gasteiger partial charge in [-0.25, -0.2) is 0 Å². The maximum atomic E-state index is 11.1. The first-order valence-corrected chi connectivity index (χ1v) is 6.26. The Kier molecular flexibility index (Phi) is 3.42. The quantitative estimate of drug-likeness (QED) is 0.542. The van der Waals surface area contributed by atoms with Crippen molar-refractivity contribution in [1.29, 1.82) is 0 Å². The minimum atomic E-state index is -0.406. The second-order valence-corrected chi connectivity index (χ2v) is 4.24. The van der Waals surface area contributed by atoms with Crippen molar-refractivity contribution in [1.82, 2.24) is 15.2 Å². The summed E-state index contributed by atoms with van der Waals surface area (Å²) in [5.74, 6) is 0.648. The molecule has 0 atom stereocenters. The summed E-state index contributed by atoms with van der Waals surface area (Å²) in [6.45, 7) is 1.34. The number of hydrogen-bond acceptors (Lipinski definition) is 6. The molecule has 6 nitrogen and oxygen atoms in total. The van der Waals surface area contributed by atoms with Crippen molar-refractivity contribution in [2.45, 2.75) is 6.92 Å². The third-order valence-corrected chi connectivity index (χ3v) is 2.72. The van der Waals surface area contributed by atoms with Crippen LogP contribution < -0.4 is 4.74 Å². The van der Waals surface area contributed by atoms with E-state index in [1.807, 2.05) is 0 Å². The van der Waals surface area contributed by atoms with Crippen LogP contribution in [0.3, 0.4) is 0 Å². The molecule has 3 rings (SSSR count). The first kappa shape index (κ1) is 13.0. The molecule has 3 aromatic rings. The van der Waals surface area contributed by atoms with Gasteiger partial charge in [-0.2, -0.15) is 0 Å². The van der Waals surface area contributed by atoms with Crippen LogP contribution in [0.4, 0.5) is 0 Å². The van der Waals surface area contributed by atoms with Crippen molar-refractivity contribution >= 4 is 5.97 Å². The van der Waals surface area contributed by atoms with Crippen molar-refractivity contribution in [2.24, 2.45) is 0 Å². The number of carbonyl (C=O) groups excluding carboxylic acids is 1. The highest BCUT2D eigenvalue weighted by atomic mass is 16.5. The summed E-state index contributed by atoms with van der Waals surface area (Å²) >= 11 is 0. The first-order chi connectivity index (χ1) is 10.2. The lowest BCUT2D eigenvalue weighted by Crippen LogP contribution is -2.02. The summed E-state index contributed by atoms with van der Waals surface area (Å²) < 4.78 is 10.8. The molecule has 0 aliphatic rings. The van der Waals surface area contributed by atoms with Crippen LogP contribution in [-0.4, -0.2) is 21.2 Å². The van der Waals surface area contributed by atoms with Crippen molar-refractivity contribution in [3.05, 3.63) is 48.8 Å². The molecule has 2 heterocycles. The first-order valence-electron chi connectivity index (χ1n) is 6.26. The monoisotopic (exact) mass is 281 g/mol. The largest absolute Gasteiger partial charge is 0.426 e. The van der Waals surface area contributed by atoms with Gasteiger partial charge in [0.15, 0.2) is 0 Å². The van der Waals surface area contributed by atoms with Crippen molar-refractivity contribution in [3.8, 4) is 28.7 Å². The molecule has 0 aliphatic carbocycles. The summed E-state index contributed by atoms with van der Waals surface area (Å²) in [5, 5.41) is 8.00. The van der Waals surface area contributed by atoms with Gasteiger partial charge < -0.3 is 9.15 Å². The molecule has 2 aromatic heterocycles. The molecular formula is C15H11N3O3. The molecule has 0 amide bonds. The predicted octanol–water partition coefficient (Wildman–Crippen LogP) is 2.72. The molecule has 0 spiro atoms. The van der Waals surface area contributed by atoms with Gasteiger partial charge in [-0.15, -0.1) is 10.2 Å². The van der Waals surface area contributed by atoms with Crippen LogP contribution in [0.1, 0.15) is 6.92 Å². The number of hydrogen-bond donors (Lipinski definition) is 0. The van der Waals surface area contributed by atoms with Crippen LogP contribution in [0, 0.1) is 0 Å². The van der Waals surface area contributed by atoms with E-state index in [4.69, 9.17) is 9.15 Å². The summed E-state index contributed by atoms with van der Waals surface area (Å²) in [6.07, 6.45) is 3.29. The van der Waals surface area contributed by atoms with E-state index in [1.54, 1.807) is 48.8 Å². The molecule has 0 fully saturated rings. The predicted molar refractivity (Wildman–Crippen MR) is 74.3 cm³/mol. The topological polar surface area (TPSA) is 78.1 Å². The van der Waals surface area contributed by atoms with Crippen LogP contribution in [0.15, 0.2) is 53.2 Å². The smallest absolute Gasteiger partial charge is 0.308 e. The second-order valence-electron chi connectivity index (χ2n) is 4.24. The maximum Gasteiger partial charge on any atom is 0.308 e. The number of esters is 1. The summed E-state index contributed by atoms with van der Waals surface area (Å²) in [7, 11) is 0. The Labute approximate surface area is 120 Å². The highest BCUT2D eigenvalue weighted by Gasteiger charge is 2.15. The SMILES string of the molecule is CC(=O)Oc1ccccc1-c1nnc(-c2ccncc2)o1. The Morgan fingerprint density at radius 1 is 1.05 bits per heavy atom. The molecule has 0 aliphatic heterocycles. The van der Waals surface area contributed by atoms with Gasteiger partial charge in [-0.1, -0.05) is 12.1 Å². The molecule has 0 bridgehead atoms.